The SMILES string of the molecule is Cn1c(-c2cn(-c3ccc(NC4CC4)cn3)nc2C(F)(F)F)cnc1C(=O)Nc1ccc(C(=O)N2CCN(C(=O)C3CC[N+](CC(=O)O)(CC4CNC4)CC3)CC2)c(Cl)c1. The van der Waals surface area contributed by atoms with E-state index in [2.05, 4.69) is 31.0 Å². The number of amides is 3. The number of likely N-dealkylation sites (tertiary alicyclic amines) is 1. The summed E-state index contributed by atoms with van der Waals surface area (Å²) in [6, 6.07) is 8.07. The number of aliphatic carboxylic acids is 1. The van der Waals surface area contributed by atoms with Gasteiger partial charge in [0.2, 0.25) is 5.91 Å². The molecule has 3 saturated heterocycles. The lowest BCUT2D eigenvalue weighted by Crippen LogP contribution is -2.62. The molecule has 318 valence electrons. The summed E-state index contributed by atoms with van der Waals surface area (Å²) in [5.74, 6) is -1.57. The molecule has 4 N–H and O–H groups in total. The number of carbonyl (C=O) groups is 4. The molecule has 4 aliphatic rings. The quantitative estimate of drug-likeness (QED) is 0.153. The van der Waals surface area contributed by atoms with Gasteiger partial charge in [0.15, 0.2) is 23.9 Å². The summed E-state index contributed by atoms with van der Waals surface area (Å²) in [6.45, 7) is 5.28. The zero-order valence-electron chi connectivity index (χ0n) is 32.9. The van der Waals surface area contributed by atoms with Crippen LogP contribution in [0, 0.1) is 11.8 Å². The second-order valence-electron chi connectivity index (χ2n) is 16.3. The molecule has 0 bridgehead atoms. The van der Waals surface area contributed by atoms with Crippen LogP contribution in [-0.2, 0) is 22.8 Å². The number of pyridine rings is 1. The van der Waals surface area contributed by atoms with Crippen LogP contribution >= 0.6 is 11.6 Å². The summed E-state index contributed by atoms with van der Waals surface area (Å²) in [5, 5.41) is 22.7. The van der Waals surface area contributed by atoms with E-state index < -0.39 is 23.7 Å². The van der Waals surface area contributed by atoms with E-state index in [4.69, 9.17) is 11.6 Å². The van der Waals surface area contributed by atoms with Gasteiger partial charge in [-0.15, -0.1) is 0 Å². The molecular weight excluding hydrogens is 807 g/mol. The van der Waals surface area contributed by atoms with Gasteiger partial charge in [0.05, 0.1) is 59.6 Å². The molecule has 8 rings (SSSR count). The average Bonchev–Trinajstić information content (AvgIpc) is 3.75. The highest BCUT2D eigenvalue weighted by Crippen LogP contribution is 2.37. The highest BCUT2D eigenvalue weighted by atomic mass is 35.5. The minimum atomic E-state index is -4.82. The molecule has 0 spiro atoms. The number of quaternary nitrogens is 1. The lowest BCUT2D eigenvalue weighted by atomic mass is 9.90. The smallest absolute Gasteiger partial charge is 0.435 e. The van der Waals surface area contributed by atoms with Crippen molar-refractivity contribution >= 4 is 46.7 Å². The van der Waals surface area contributed by atoms with E-state index in [0.717, 1.165) is 42.8 Å². The Morgan fingerprint density at radius 3 is 2.25 bits per heavy atom. The fraction of sp³-hybridized carbons (Fsp3) is 0.475. The third kappa shape index (κ3) is 8.83. The largest absolute Gasteiger partial charge is 0.477 e. The van der Waals surface area contributed by atoms with Gasteiger partial charge >= 0.3 is 12.1 Å². The van der Waals surface area contributed by atoms with Crippen LogP contribution in [0.4, 0.5) is 24.5 Å². The number of alkyl halides is 3. The molecule has 3 aliphatic heterocycles. The van der Waals surface area contributed by atoms with Gasteiger partial charge in [-0.1, -0.05) is 11.6 Å². The lowest BCUT2D eigenvalue weighted by molar-refractivity contribution is -0.929. The van der Waals surface area contributed by atoms with E-state index in [1.165, 1.54) is 48.4 Å². The molecule has 60 heavy (non-hydrogen) atoms. The topological polar surface area (TPSA) is 180 Å². The molecule has 1 aromatic carbocycles. The van der Waals surface area contributed by atoms with Crippen molar-refractivity contribution < 1.29 is 41.9 Å². The second-order valence-corrected chi connectivity index (χ2v) is 16.7. The van der Waals surface area contributed by atoms with Crippen LogP contribution in [0.2, 0.25) is 5.02 Å². The number of piperazine rings is 1. The zero-order valence-corrected chi connectivity index (χ0v) is 33.7. The van der Waals surface area contributed by atoms with E-state index in [1.807, 2.05) is 0 Å². The Kier molecular flexibility index (Phi) is 11.3. The van der Waals surface area contributed by atoms with Gasteiger partial charge in [-0.3, -0.25) is 14.4 Å². The van der Waals surface area contributed by atoms with Crippen LogP contribution in [0.1, 0.15) is 52.4 Å². The molecule has 16 nitrogen and oxygen atoms in total. The van der Waals surface area contributed by atoms with Crippen molar-refractivity contribution in [2.24, 2.45) is 18.9 Å². The van der Waals surface area contributed by atoms with Crippen LogP contribution in [0.3, 0.4) is 0 Å². The van der Waals surface area contributed by atoms with E-state index >= 15 is 0 Å². The van der Waals surface area contributed by atoms with Crippen LogP contribution in [0.5, 0.6) is 0 Å². The maximum atomic E-state index is 14.2. The van der Waals surface area contributed by atoms with Gasteiger partial charge in [-0.2, -0.15) is 18.3 Å². The number of anilines is 2. The molecule has 1 aliphatic carbocycles. The maximum Gasteiger partial charge on any atom is 0.435 e. The van der Waals surface area contributed by atoms with E-state index in [0.29, 0.717) is 68.6 Å². The molecule has 0 unspecified atom stereocenters. The molecule has 4 fully saturated rings. The van der Waals surface area contributed by atoms with Crippen molar-refractivity contribution in [1.82, 2.24) is 39.4 Å². The number of hydrogen-bond acceptors (Lipinski definition) is 9. The fourth-order valence-corrected chi connectivity index (χ4v) is 8.68. The third-order valence-corrected chi connectivity index (χ3v) is 12.3. The number of benzene rings is 1. The Morgan fingerprint density at radius 1 is 0.950 bits per heavy atom. The van der Waals surface area contributed by atoms with Gasteiger partial charge in [0.25, 0.3) is 11.8 Å². The number of aromatic nitrogens is 5. The van der Waals surface area contributed by atoms with Crippen molar-refractivity contribution in [3.8, 4) is 17.1 Å². The predicted octanol–water partition coefficient (Wildman–Crippen LogP) is 3.98. The van der Waals surface area contributed by atoms with Crippen molar-refractivity contribution in [1.29, 1.82) is 0 Å². The Hall–Kier alpha value is -5.53. The summed E-state index contributed by atoms with van der Waals surface area (Å²) >= 11 is 6.56. The van der Waals surface area contributed by atoms with Gasteiger partial charge in [0.1, 0.15) is 0 Å². The molecule has 0 atom stereocenters. The summed E-state index contributed by atoms with van der Waals surface area (Å²) in [4.78, 5) is 63.9. The number of nitrogens with zero attached hydrogens (tertiary/aromatic N) is 8. The Labute approximate surface area is 348 Å². The lowest BCUT2D eigenvalue weighted by Gasteiger charge is -2.46. The minimum absolute atomic E-state index is 0.000510. The van der Waals surface area contributed by atoms with Crippen LogP contribution in [-0.4, -0.2) is 139 Å². The van der Waals surface area contributed by atoms with Crippen molar-refractivity contribution in [2.75, 3.05) is 76.1 Å². The van der Waals surface area contributed by atoms with Crippen molar-refractivity contribution in [3.05, 3.63) is 71.0 Å². The average molecular weight is 853 g/mol. The minimum Gasteiger partial charge on any atom is -0.477 e. The molecule has 3 amide bonds. The number of piperidine rings is 1. The van der Waals surface area contributed by atoms with E-state index in [-0.39, 0.29) is 63.5 Å². The number of imidazole rings is 1. The summed E-state index contributed by atoms with van der Waals surface area (Å²) in [6.07, 6.45) is 2.45. The number of rotatable bonds is 12. The third-order valence-electron chi connectivity index (χ3n) is 12.0. The fourth-order valence-electron chi connectivity index (χ4n) is 8.42. The van der Waals surface area contributed by atoms with Gasteiger partial charge in [-0.05, 0) is 43.2 Å². The molecular formula is C40H46ClF3N11O5+. The maximum absolute atomic E-state index is 14.2. The number of halogens is 4. The first-order valence-corrected chi connectivity index (χ1v) is 20.4. The van der Waals surface area contributed by atoms with Gasteiger partial charge in [0, 0.05) is 88.9 Å². The van der Waals surface area contributed by atoms with Crippen molar-refractivity contribution in [3.63, 3.8) is 0 Å². The predicted molar refractivity (Wildman–Crippen MR) is 214 cm³/mol. The first-order chi connectivity index (χ1) is 28.7. The number of nitrogens with one attached hydrogen (secondary N) is 3. The van der Waals surface area contributed by atoms with E-state index in [1.54, 1.807) is 21.9 Å². The van der Waals surface area contributed by atoms with Crippen LogP contribution in [0.25, 0.3) is 17.1 Å². The molecule has 6 heterocycles. The first kappa shape index (κ1) is 41.2. The monoisotopic (exact) mass is 852 g/mol. The van der Waals surface area contributed by atoms with Gasteiger partial charge in [-0.25, -0.2) is 19.4 Å². The normalized spacial score (nSPS) is 21.1. The summed E-state index contributed by atoms with van der Waals surface area (Å²) < 4.78 is 45.5. The summed E-state index contributed by atoms with van der Waals surface area (Å²) in [7, 11) is 1.42. The van der Waals surface area contributed by atoms with Crippen LogP contribution < -0.4 is 16.0 Å². The van der Waals surface area contributed by atoms with Crippen LogP contribution in [0.15, 0.2) is 48.9 Å². The standard InChI is InChI=1S/C40H45ClF3N11O5/c1-51-32(30-21-54(50-35(30)40(42,43)44)33-7-5-28(19-46-33)48-26-2-3-26)20-47-36(51)37(58)49-27-4-6-29(31(41)16-27)39(60)53-12-10-52(11-13-53)38(59)25-8-14-55(15-9-25,23-34(56)57)22-24-17-45-18-24/h4-7,16,19-21,24-26,45,48H,2-3,8-15,17-18,22-23H2,1H3,(H-,49,56,57,58,60)/p+1. The number of carboxylic acid groups (broad SMARTS) is 1. The molecule has 3 aromatic heterocycles. The molecule has 1 saturated carbocycles. The number of carboxylic acids is 1. The Morgan fingerprint density at radius 2 is 1.65 bits per heavy atom. The number of carbonyl (C=O) groups excluding carboxylic acids is 3. The molecule has 4 aromatic rings. The molecule has 20 heteroatoms. The first-order valence-electron chi connectivity index (χ1n) is 20.0. The Balaban J connectivity index is 0.872. The second kappa shape index (κ2) is 16.5. The van der Waals surface area contributed by atoms with Crippen molar-refractivity contribution in [2.45, 2.75) is 37.9 Å². The van der Waals surface area contributed by atoms with Gasteiger partial charge < -0.3 is 39.9 Å². The molecule has 0 radical (unpaired) electrons. The van der Waals surface area contributed by atoms with E-state index in [9.17, 15) is 37.5 Å². The zero-order chi connectivity index (χ0) is 42.3. The highest BCUT2D eigenvalue weighted by molar-refractivity contribution is 6.34. The summed E-state index contributed by atoms with van der Waals surface area (Å²) in [5.41, 5.74) is -0.260. The number of hydrogen-bond donors (Lipinski definition) is 4. The highest BCUT2D eigenvalue weighted by Gasteiger charge is 2.43. The Bertz CT molecular complexity index is 2270.